The number of carbonyl (C=O) groups is 1. The third-order valence-corrected chi connectivity index (χ3v) is 4.34. The van der Waals surface area contributed by atoms with Crippen LogP contribution in [-0.2, 0) is 9.84 Å². The number of hydrogen-bond donors (Lipinski definition) is 1. The summed E-state index contributed by atoms with van der Waals surface area (Å²) in [6.07, 6.45) is 3.90. The van der Waals surface area contributed by atoms with Crippen LogP contribution >= 0.6 is 0 Å². The van der Waals surface area contributed by atoms with Crippen molar-refractivity contribution in [3.05, 3.63) is 47.9 Å². The van der Waals surface area contributed by atoms with E-state index in [1.165, 1.54) is 12.4 Å². The number of primary amides is 1. The van der Waals surface area contributed by atoms with Crippen molar-refractivity contribution in [1.29, 1.82) is 0 Å². The number of rotatable bonds is 4. The number of nitrogens with zero attached hydrogens (tertiary/aromatic N) is 3. The third-order valence-electron chi connectivity index (χ3n) is 3.48. The maximum Gasteiger partial charge on any atom is 0.267 e. The van der Waals surface area contributed by atoms with Crippen LogP contribution in [0.3, 0.4) is 0 Å². The summed E-state index contributed by atoms with van der Waals surface area (Å²) >= 11 is 0. The highest BCUT2D eigenvalue weighted by atomic mass is 32.2. The van der Waals surface area contributed by atoms with Gasteiger partial charge in [-0.2, -0.15) is 0 Å². The number of fused-ring (bicyclic) bond motifs is 1. The Morgan fingerprint density at radius 2 is 1.96 bits per heavy atom. The molecule has 0 bridgehead atoms. The molecule has 0 saturated carbocycles. The Morgan fingerprint density at radius 3 is 2.64 bits per heavy atom. The fourth-order valence-electron chi connectivity index (χ4n) is 2.24. The number of amides is 1. The molecule has 128 valence electrons. The zero-order valence-electron chi connectivity index (χ0n) is 13.4. The lowest BCUT2D eigenvalue weighted by Crippen LogP contribution is -2.15. The van der Waals surface area contributed by atoms with Gasteiger partial charge in [0.1, 0.15) is 17.2 Å². The topological polar surface area (TPSA) is 125 Å². The minimum atomic E-state index is -3.48. The van der Waals surface area contributed by atoms with E-state index in [-0.39, 0.29) is 10.9 Å². The summed E-state index contributed by atoms with van der Waals surface area (Å²) in [4.78, 5) is 23.2. The molecule has 0 aliphatic heterocycles. The molecule has 2 heterocycles. The second-order valence-electron chi connectivity index (χ2n) is 5.39. The number of ether oxygens (including phenoxy) is 1. The summed E-state index contributed by atoms with van der Waals surface area (Å²) in [6.45, 7) is 1.69. The van der Waals surface area contributed by atoms with Gasteiger partial charge in [-0.05, 0) is 31.2 Å². The van der Waals surface area contributed by atoms with Crippen molar-refractivity contribution in [1.82, 2.24) is 15.0 Å². The average molecular weight is 358 g/mol. The second-order valence-corrected chi connectivity index (χ2v) is 7.30. The molecule has 2 N–H and O–H groups in total. The molecular formula is C16H14N4O4S. The van der Waals surface area contributed by atoms with Gasteiger partial charge in [-0.1, -0.05) is 0 Å². The number of hydrogen-bond acceptors (Lipinski definition) is 7. The number of pyridine rings is 1. The fraction of sp³-hybridized carbons (Fsp3) is 0.125. The van der Waals surface area contributed by atoms with Gasteiger partial charge in [0.2, 0.25) is 15.0 Å². The van der Waals surface area contributed by atoms with E-state index in [1.54, 1.807) is 31.2 Å². The van der Waals surface area contributed by atoms with Crippen LogP contribution in [-0.4, -0.2) is 35.5 Å². The molecule has 1 aromatic carbocycles. The molecule has 3 aromatic rings. The van der Waals surface area contributed by atoms with Crippen LogP contribution in [0.1, 0.15) is 16.1 Å². The van der Waals surface area contributed by atoms with Gasteiger partial charge in [-0.3, -0.25) is 9.78 Å². The number of sulfone groups is 1. The Bertz CT molecular complexity index is 1100. The van der Waals surface area contributed by atoms with Gasteiger partial charge < -0.3 is 10.5 Å². The van der Waals surface area contributed by atoms with Crippen LogP contribution in [0, 0.1) is 6.92 Å². The third kappa shape index (κ3) is 3.41. The SMILES string of the molecule is Cc1c(Oc2ccc3nc(S(C)(=O)=O)ncc3c2)ccnc1C(N)=O. The van der Waals surface area contributed by atoms with Gasteiger partial charge in [-0.15, -0.1) is 0 Å². The molecule has 2 aromatic heterocycles. The first kappa shape index (κ1) is 16.8. The first-order valence-electron chi connectivity index (χ1n) is 7.16. The average Bonchev–Trinajstić information content (AvgIpc) is 2.55. The maximum atomic E-state index is 11.5. The van der Waals surface area contributed by atoms with Gasteiger partial charge in [0, 0.05) is 29.6 Å². The van der Waals surface area contributed by atoms with E-state index in [1.807, 2.05) is 0 Å². The maximum absolute atomic E-state index is 11.5. The largest absolute Gasteiger partial charge is 0.457 e. The van der Waals surface area contributed by atoms with Gasteiger partial charge in [0.05, 0.1) is 5.52 Å². The Morgan fingerprint density at radius 1 is 1.20 bits per heavy atom. The van der Waals surface area contributed by atoms with Gasteiger partial charge in [0.15, 0.2) is 0 Å². The molecule has 9 heteroatoms. The van der Waals surface area contributed by atoms with Crippen molar-refractivity contribution in [3.8, 4) is 11.5 Å². The molecular weight excluding hydrogens is 344 g/mol. The summed E-state index contributed by atoms with van der Waals surface area (Å²) in [5.74, 6) is 0.285. The van der Waals surface area contributed by atoms with Crippen LogP contribution in [0.5, 0.6) is 11.5 Å². The first-order chi connectivity index (χ1) is 11.8. The van der Waals surface area contributed by atoms with E-state index in [0.717, 1.165) is 6.26 Å². The monoisotopic (exact) mass is 358 g/mol. The minimum absolute atomic E-state index is 0.138. The molecule has 0 spiro atoms. The van der Waals surface area contributed by atoms with E-state index >= 15 is 0 Å². The van der Waals surface area contributed by atoms with Crippen molar-refractivity contribution >= 4 is 26.6 Å². The molecule has 1 amide bonds. The lowest BCUT2D eigenvalue weighted by molar-refractivity contribution is 0.0994. The lowest BCUT2D eigenvalue weighted by atomic mass is 10.2. The van der Waals surface area contributed by atoms with Crippen LogP contribution in [0.15, 0.2) is 41.8 Å². The summed E-state index contributed by atoms with van der Waals surface area (Å²) in [6, 6.07) is 6.57. The quantitative estimate of drug-likeness (QED) is 0.702. The van der Waals surface area contributed by atoms with Gasteiger partial charge in [-0.25, -0.2) is 18.4 Å². The molecule has 0 unspecified atom stereocenters. The normalized spacial score (nSPS) is 11.4. The van der Waals surface area contributed by atoms with Crippen molar-refractivity contribution in [2.24, 2.45) is 5.73 Å². The predicted octanol–water partition coefficient (Wildman–Crippen LogP) is 1.63. The number of benzene rings is 1. The van der Waals surface area contributed by atoms with Gasteiger partial charge in [0.25, 0.3) is 5.91 Å². The van der Waals surface area contributed by atoms with Crippen LogP contribution in [0.25, 0.3) is 10.9 Å². The zero-order chi connectivity index (χ0) is 18.2. The first-order valence-corrected chi connectivity index (χ1v) is 9.05. The molecule has 0 saturated heterocycles. The van der Waals surface area contributed by atoms with Crippen LogP contribution in [0.2, 0.25) is 0 Å². The van der Waals surface area contributed by atoms with Crippen molar-refractivity contribution in [3.63, 3.8) is 0 Å². The molecule has 25 heavy (non-hydrogen) atoms. The van der Waals surface area contributed by atoms with E-state index in [9.17, 15) is 13.2 Å². The molecule has 0 fully saturated rings. The summed E-state index contributed by atoms with van der Waals surface area (Å²) in [7, 11) is -3.48. The van der Waals surface area contributed by atoms with Crippen LogP contribution in [0.4, 0.5) is 0 Å². The molecule has 0 aliphatic carbocycles. The lowest BCUT2D eigenvalue weighted by Gasteiger charge is -2.11. The summed E-state index contributed by atoms with van der Waals surface area (Å²) in [5, 5.41) is 0.386. The minimum Gasteiger partial charge on any atom is -0.457 e. The Kier molecular flexibility index (Phi) is 4.09. The number of nitrogens with two attached hydrogens (primary N) is 1. The Labute approximate surface area is 143 Å². The van der Waals surface area contributed by atoms with E-state index in [0.29, 0.717) is 28.0 Å². The highest BCUT2D eigenvalue weighted by Crippen LogP contribution is 2.28. The summed E-state index contributed by atoms with van der Waals surface area (Å²) < 4.78 is 28.8. The molecule has 8 nitrogen and oxygen atoms in total. The molecule has 0 atom stereocenters. The van der Waals surface area contributed by atoms with Crippen molar-refractivity contribution < 1.29 is 17.9 Å². The van der Waals surface area contributed by atoms with E-state index in [4.69, 9.17) is 10.5 Å². The second kappa shape index (κ2) is 6.10. The highest BCUT2D eigenvalue weighted by molar-refractivity contribution is 7.90. The van der Waals surface area contributed by atoms with E-state index < -0.39 is 15.7 Å². The van der Waals surface area contributed by atoms with Gasteiger partial charge >= 0.3 is 0 Å². The highest BCUT2D eigenvalue weighted by Gasteiger charge is 2.14. The zero-order valence-corrected chi connectivity index (χ0v) is 14.2. The van der Waals surface area contributed by atoms with Crippen LogP contribution < -0.4 is 10.5 Å². The number of aromatic nitrogens is 3. The molecule has 3 rings (SSSR count). The molecule has 0 radical (unpaired) electrons. The smallest absolute Gasteiger partial charge is 0.267 e. The van der Waals surface area contributed by atoms with Crippen molar-refractivity contribution in [2.45, 2.75) is 12.1 Å². The number of carbonyl (C=O) groups excluding carboxylic acids is 1. The van der Waals surface area contributed by atoms with E-state index in [2.05, 4.69) is 15.0 Å². The standard InChI is InChI=1S/C16H14N4O4S/c1-9-13(5-6-18-14(9)15(17)21)24-11-3-4-12-10(7-11)8-19-16(20-12)25(2,22)23/h3-8H,1-2H3,(H2,17,21). The summed E-state index contributed by atoms with van der Waals surface area (Å²) in [5.41, 5.74) is 6.42. The molecule has 0 aliphatic rings. The Balaban J connectivity index is 1.98. The predicted molar refractivity (Wildman–Crippen MR) is 90.2 cm³/mol. The Hall–Kier alpha value is -3.07. The fourth-order valence-corrected chi connectivity index (χ4v) is 2.75. The van der Waals surface area contributed by atoms with Crippen molar-refractivity contribution in [2.75, 3.05) is 6.26 Å².